The lowest BCUT2D eigenvalue weighted by Crippen LogP contribution is -2.20. The monoisotopic (exact) mass is 373 g/mol. The number of carbonyl (C=O) groups is 2. The highest BCUT2D eigenvalue weighted by atomic mass is 16.5. The first-order chi connectivity index (χ1) is 13.0. The van der Waals surface area contributed by atoms with Crippen LogP contribution in [0.5, 0.6) is 5.75 Å². The van der Waals surface area contributed by atoms with E-state index in [1.165, 1.54) is 11.1 Å². The average molecular weight is 373 g/mol. The lowest BCUT2D eigenvalue weighted by atomic mass is 9.98. The molecule has 27 heavy (non-hydrogen) atoms. The van der Waals surface area contributed by atoms with Crippen LogP contribution in [0.15, 0.2) is 54.6 Å². The van der Waals surface area contributed by atoms with Gasteiger partial charge in [0, 0.05) is 13.1 Å². The van der Waals surface area contributed by atoms with Gasteiger partial charge in [0.2, 0.25) is 0 Å². The fourth-order valence-corrected chi connectivity index (χ4v) is 2.30. The fourth-order valence-electron chi connectivity index (χ4n) is 2.30. The molecule has 6 heteroatoms. The van der Waals surface area contributed by atoms with Crippen LogP contribution in [0.1, 0.15) is 37.3 Å². The molecule has 3 N–H and O–H groups in total. The molecule has 0 bridgehead atoms. The maximum Gasteiger partial charge on any atom is 0.414 e. The van der Waals surface area contributed by atoms with Crippen LogP contribution in [-0.2, 0) is 16.1 Å². The summed E-state index contributed by atoms with van der Waals surface area (Å²) in [6.45, 7) is 6.89. The van der Waals surface area contributed by atoms with Gasteiger partial charge in [0.1, 0.15) is 12.4 Å². The predicted molar refractivity (Wildman–Crippen MR) is 104 cm³/mol. The molecule has 6 nitrogen and oxygen atoms in total. The number of hydrogen-bond donors (Lipinski definition) is 3. The maximum absolute atomic E-state index is 9.10. The molecule has 1 atom stereocenters. The Kier molecular flexibility index (Phi) is 10.3. The Morgan fingerprint density at radius 1 is 1.00 bits per heavy atom. The normalized spacial score (nSPS) is 11.0. The summed E-state index contributed by atoms with van der Waals surface area (Å²) < 4.78 is 5.94. The van der Waals surface area contributed by atoms with Crippen LogP contribution in [0.25, 0.3) is 0 Å². The minimum absolute atomic E-state index is 0.540. The number of benzene rings is 2. The smallest absolute Gasteiger partial charge is 0.414 e. The van der Waals surface area contributed by atoms with E-state index in [1.807, 2.05) is 12.1 Å². The first-order valence-corrected chi connectivity index (χ1v) is 8.88. The van der Waals surface area contributed by atoms with Crippen LogP contribution in [0, 0.1) is 0 Å². The number of aliphatic carboxylic acids is 2. The first-order valence-electron chi connectivity index (χ1n) is 8.88. The van der Waals surface area contributed by atoms with Crippen LogP contribution >= 0.6 is 0 Å². The highest BCUT2D eigenvalue weighted by Crippen LogP contribution is 2.28. The van der Waals surface area contributed by atoms with Crippen LogP contribution in [-0.4, -0.2) is 35.3 Å². The Bertz CT molecular complexity index is 691. The van der Waals surface area contributed by atoms with Crippen molar-refractivity contribution < 1.29 is 24.5 Å². The van der Waals surface area contributed by atoms with Gasteiger partial charge in [0.15, 0.2) is 0 Å². The lowest BCUT2D eigenvalue weighted by Gasteiger charge is -2.15. The molecule has 146 valence electrons. The Hall–Kier alpha value is -2.86. The topological polar surface area (TPSA) is 95.9 Å². The van der Waals surface area contributed by atoms with Crippen molar-refractivity contribution in [2.24, 2.45) is 0 Å². The number of nitrogens with one attached hydrogen (secondary N) is 1. The Balaban J connectivity index is 0.000000527. The number of carboxylic acids is 2. The van der Waals surface area contributed by atoms with Crippen LogP contribution in [0.2, 0.25) is 0 Å². The SMILES string of the molecule is CCC(C)c1ccccc1OCCNCc1ccccc1.O=C(O)C(=O)O. The molecule has 0 radical (unpaired) electrons. The fraction of sp³-hybridized carbons (Fsp3) is 0.333. The Morgan fingerprint density at radius 3 is 2.19 bits per heavy atom. The zero-order chi connectivity index (χ0) is 20.1. The number of rotatable bonds is 8. The van der Waals surface area contributed by atoms with Crippen molar-refractivity contribution in [2.75, 3.05) is 13.2 Å². The number of ether oxygens (including phenoxy) is 1. The summed E-state index contributed by atoms with van der Waals surface area (Å²) >= 11 is 0. The molecule has 0 amide bonds. The van der Waals surface area contributed by atoms with E-state index in [0.717, 1.165) is 25.3 Å². The number of para-hydroxylation sites is 1. The summed E-state index contributed by atoms with van der Waals surface area (Å²) in [6.07, 6.45) is 1.13. The zero-order valence-electron chi connectivity index (χ0n) is 15.7. The molecule has 0 aliphatic rings. The molecule has 2 rings (SSSR count). The third-order valence-corrected chi connectivity index (χ3v) is 3.95. The van der Waals surface area contributed by atoms with Gasteiger partial charge in [-0.3, -0.25) is 0 Å². The van der Waals surface area contributed by atoms with Gasteiger partial charge in [0.25, 0.3) is 0 Å². The first kappa shape index (κ1) is 22.2. The van der Waals surface area contributed by atoms with Crippen molar-refractivity contribution >= 4 is 11.9 Å². The molecular formula is C21H27NO5. The molecule has 0 aromatic heterocycles. The van der Waals surface area contributed by atoms with E-state index in [-0.39, 0.29) is 0 Å². The second-order valence-electron chi connectivity index (χ2n) is 5.97. The van der Waals surface area contributed by atoms with Crippen LogP contribution in [0.4, 0.5) is 0 Å². The molecule has 0 fully saturated rings. The van der Waals surface area contributed by atoms with Gasteiger partial charge >= 0.3 is 11.9 Å². The van der Waals surface area contributed by atoms with Crippen molar-refractivity contribution in [1.82, 2.24) is 5.32 Å². The van der Waals surface area contributed by atoms with E-state index in [9.17, 15) is 0 Å². The number of hydrogen-bond acceptors (Lipinski definition) is 4. The molecule has 2 aromatic carbocycles. The maximum atomic E-state index is 9.10. The van der Waals surface area contributed by atoms with Gasteiger partial charge in [-0.05, 0) is 29.5 Å². The van der Waals surface area contributed by atoms with Crippen molar-refractivity contribution in [2.45, 2.75) is 32.7 Å². The highest BCUT2D eigenvalue weighted by molar-refractivity contribution is 6.27. The van der Waals surface area contributed by atoms with Crippen LogP contribution < -0.4 is 10.1 Å². The van der Waals surface area contributed by atoms with Crippen LogP contribution in [0.3, 0.4) is 0 Å². The van der Waals surface area contributed by atoms with Gasteiger partial charge in [-0.1, -0.05) is 62.4 Å². The van der Waals surface area contributed by atoms with E-state index in [4.69, 9.17) is 24.5 Å². The van der Waals surface area contributed by atoms with Gasteiger partial charge in [-0.25, -0.2) is 9.59 Å². The van der Waals surface area contributed by atoms with E-state index in [2.05, 4.69) is 61.6 Å². The lowest BCUT2D eigenvalue weighted by molar-refractivity contribution is -0.159. The average Bonchev–Trinajstić information content (AvgIpc) is 2.68. The summed E-state index contributed by atoms with van der Waals surface area (Å²) in [6, 6.07) is 18.8. The highest BCUT2D eigenvalue weighted by Gasteiger charge is 2.09. The molecule has 0 spiro atoms. The van der Waals surface area contributed by atoms with Gasteiger partial charge in [0.05, 0.1) is 0 Å². The third-order valence-electron chi connectivity index (χ3n) is 3.95. The van der Waals surface area contributed by atoms with Crippen molar-refractivity contribution in [3.63, 3.8) is 0 Å². The second-order valence-corrected chi connectivity index (χ2v) is 5.97. The van der Waals surface area contributed by atoms with Gasteiger partial charge in [-0.2, -0.15) is 0 Å². The largest absolute Gasteiger partial charge is 0.492 e. The molecule has 1 unspecified atom stereocenters. The Morgan fingerprint density at radius 2 is 1.59 bits per heavy atom. The molecule has 0 saturated carbocycles. The minimum Gasteiger partial charge on any atom is -0.492 e. The minimum atomic E-state index is -1.82. The van der Waals surface area contributed by atoms with E-state index in [1.54, 1.807) is 0 Å². The summed E-state index contributed by atoms with van der Waals surface area (Å²) in [5.41, 5.74) is 2.61. The molecule has 2 aromatic rings. The van der Waals surface area contributed by atoms with Gasteiger partial charge < -0.3 is 20.3 Å². The second kappa shape index (κ2) is 12.5. The zero-order valence-corrected chi connectivity index (χ0v) is 15.7. The standard InChI is InChI=1S/C19H25NO.C2H2O4/c1-3-16(2)18-11-7-8-12-19(18)21-14-13-20-15-17-9-5-4-6-10-17;3-1(4)2(5)6/h4-12,16,20H,3,13-15H2,1-2H3;(H,3,4)(H,5,6). The summed E-state index contributed by atoms with van der Waals surface area (Å²) in [5, 5.41) is 18.2. The van der Waals surface area contributed by atoms with Gasteiger partial charge in [-0.15, -0.1) is 0 Å². The van der Waals surface area contributed by atoms with E-state index < -0.39 is 11.9 Å². The molecule has 0 heterocycles. The Labute approximate surface area is 159 Å². The predicted octanol–water partition coefficient (Wildman–Crippen LogP) is 3.52. The molecule has 0 aliphatic heterocycles. The summed E-state index contributed by atoms with van der Waals surface area (Å²) in [7, 11) is 0. The molecule has 0 aliphatic carbocycles. The van der Waals surface area contributed by atoms with E-state index in [0.29, 0.717) is 12.5 Å². The molecule has 0 saturated heterocycles. The quantitative estimate of drug-likeness (QED) is 0.484. The molecular weight excluding hydrogens is 346 g/mol. The van der Waals surface area contributed by atoms with Crippen molar-refractivity contribution in [3.05, 3.63) is 65.7 Å². The van der Waals surface area contributed by atoms with E-state index >= 15 is 0 Å². The summed E-state index contributed by atoms with van der Waals surface area (Å²) in [5.74, 6) is -2.09. The van der Waals surface area contributed by atoms with Crippen molar-refractivity contribution in [3.8, 4) is 5.75 Å². The van der Waals surface area contributed by atoms with Crippen molar-refractivity contribution in [1.29, 1.82) is 0 Å². The third kappa shape index (κ3) is 8.87. The summed E-state index contributed by atoms with van der Waals surface area (Å²) in [4.78, 5) is 18.2. The number of carboxylic acid groups (broad SMARTS) is 2.